The van der Waals surface area contributed by atoms with Crippen LogP contribution in [0.1, 0.15) is 51.3 Å². The van der Waals surface area contributed by atoms with Gasteiger partial charge in [0.1, 0.15) is 30.0 Å². The van der Waals surface area contributed by atoms with Crippen molar-refractivity contribution < 1.29 is 33.8 Å². The van der Waals surface area contributed by atoms with Gasteiger partial charge in [-0.3, -0.25) is 14.4 Å². The molecule has 2 rings (SSSR count). The number of rotatable bonds is 11. The second-order valence-corrected chi connectivity index (χ2v) is 9.71. The molecule has 0 spiro atoms. The number of benzene rings is 2. The third kappa shape index (κ3) is 9.42. The molecule has 2 atom stereocenters. The zero-order valence-electron chi connectivity index (χ0n) is 22.5. The number of aromatic hydroxyl groups is 1. The Morgan fingerprint density at radius 2 is 1.71 bits per heavy atom. The van der Waals surface area contributed by atoms with Gasteiger partial charge in [0, 0.05) is 13.0 Å². The van der Waals surface area contributed by atoms with Crippen LogP contribution in [0.5, 0.6) is 5.75 Å². The van der Waals surface area contributed by atoms with Crippen LogP contribution >= 0.6 is 0 Å². The molecule has 3 amide bonds. The van der Waals surface area contributed by atoms with Gasteiger partial charge in [-0.25, -0.2) is 4.79 Å². The lowest BCUT2D eigenvalue weighted by molar-refractivity contribution is -0.144. The van der Waals surface area contributed by atoms with Crippen LogP contribution in [-0.4, -0.2) is 65.7 Å². The molecule has 0 aliphatic rings. The van der Waals surface area contributed by atoms with Crippen molar-refractivity contribution in [3.8, 4) is 5.75 Å². The molecule has 2 aromatic carbocycles. The smallest absolute Gasteiger partial charge is 0.408 e. The van der Waals surface area contributed by atoms with E-state index in [0.29, 0.717) is 12.0 Å². The Labute approximate surface area is 223 Å². The minimum absolute atomic E-state index is 0.0927. The average molecular weight is 528 g/mol. The van der Waals surface area contributed by atoms with Crippen molar-refractivity contribution in [2.75, 3.05) is 20.2 Å². The van der Waals surface area contributed by atoms with Crippen LogP contribution in [0.15, 0.2) is 54.6 Å². The Hall–Kier alpha value is -4.08. The highest BCUT2D eigenvalue weighted by molar-refractivity contribution is 5.93. The van der Waals surface area contributed by atoms with Gasteiger partial charge in [-0.1, -0.05) is 49.4 Å². The highest BCUT2D eigenvalue weighted by Crippen LogP contribution is 2.26. The van der Waals surface area contributed by atoms with Crippen molar-refractivity contribution in [1.82, 2.24) is 15.5 Å². The highest BCUT2D eigenvalue weighted by atomic mass is 16.6. The molecule has 206 valence electrons. The minimum atomic E-state index is -1.20. The first-order chi connectivity index (χ1) is 17.9. The van der Waals surface area contributed by atoms with E-state index in [1.165, 1.54) is 24.1 Å². The molecule has 10 heteroatoms. The van der Waals surface area contributed by atoms with Crippen LogP contribution in [-0.2, 0) is 30.3 Å². The molecule has 38 heavy (non-hydrogen) atoms. The molecule has 0 heterocycles. The first-order valence-corrected chi connectivity index (χ1v) is 12.4. The van der Waals surface area contributed by atoms with Crippen LogP contribution in [0.2, 0.25) is 0 Å². The van der Waals surface area contributed by atoms with Gasteiger partial charge in [0.05, 0.1) is 7.11 Å². The fourth-order valence-electron chi connectivity index (χ4n) is 3.80. The molecule has 0 aromatic heterocycles. The Balaban J connectivity index is 2.49. The number of hydrogen-bond acceptors (Lipinski definition) is 7. The van der Waals surface area contributed by atoms with Crippen molar-refractivity contribution in [3.05, 3.63) is 65.7 Å². The first-order valence-electron chi connectivity index (χ1n) is 12.4. The fourth-order valence-corrected chi connectivity index (χ4v) is 3.80. The Morgan fingerprint density at radius 3 is 2.29 bits per heavy atom. The second kappa shape index (κ2) is 14.0. The summed E-state index contributed by atoms with van der Waals surface area (Å²) in [7, 11) is 1.20. The summed E-state index contributed by atoms with van der Waals surface area (Å²) >= 11 is 0. The van der Waals surface area contributed by atoms with Crippen LogP contribution in [0.3, 0.4) is 0 Å². The molecule has 0 aliphatic carbocycles. The maximum atomic E-state index is 14.1. The van der Waals surface area contributed by atoms with E-state index in [4.69, 9.17) is 4.74 Å². The number of phenols is 1. The third-order valence-electron chi connectivity index (χ3n) is 5.40. The molecular formula is C28H37N3O7. The molecule has 0 saturated carbocycles. The molecule has 0 saturated heterocycles. The van der Waals surface area contributed by atoms with E-state index in [1.54, 1.807) is 32.9 Å². The van der Waals surface area contributed by atoms with Crippen LogP contribution in [0.4, 0.5) is 4.79 Å². The number of carbonyl (C=O) groups is 4. The number of hydrogen-bond donors (Lipinski definition) is 3. The SMILES string of the molecule is CCCN(C(=O)C(Cc1ccccc1)NC(=O)OC(C)(C)C)C(C(=O)NCC(=O)OC)c1cccc(O)c1. The summed E-state index contributed by atoms with van der Waals surface area (Å²) in [6.45, 7) is 6.75. The van der Waals surface area contributed by atoms with E-state index in [2.05, 4.69) is 15.4 Å². The fraction of sp³-hybridized carbons (Fsp3) is 0.429. The zero-order chi connectivity index (χ0) is 28.3. The van der Waals surface area contributed by atoms with Gasteiger partial charge in [0.25, 0.3) is 0 Å². The van der Waals surface area contributed by atoms with Gasteiger partial charge in [0.15, 0.2) is 0 Å². The number of ether oxygens (including phenoxy) is 2. The summed E-state index contributed by atoms with van der Waals surface area (Å²) in [5.41, 5.74) is 0.345. The number of carbonyl (C=O) groups excluding carboxylic acids is 4. The third-order valence-corrected chi connectivity index (χ3v) is 5.40. The molecule has 10 nitrogen and oxygen atoms in total. The summed E-state index contributed by atoms with van der Waals surface area (Å²) in [5.74, 6) is -1.92. The summed E-state index contributed by atoms with van der Waals surface area (Å²) in [6, 6.07) is 12.9. The molecule has 2 aromatic rings. The molecule has 0 bridgehead atoms. The molecule has 0 aliphatic heterocycles. The number of phenolic OH excluding ortho intramolecular Hbond substituents is 1. The van der Waals surface area contributed by atoms with E-state index < -0.39 is 48.1 Å². The number of amides is 3. The van der Waals surface area contributed by atoms with Crippen molar-refractivity contribution in [1.29, 1.82) is 0 Å². The van der Waals surface area contributed by atoms with Crippen LogP contribution in [0, 0.1) is 0 Å². The maximum absolute atomic E-state index is 14.1. The van der Waals surface area contributed by atoms with E-state index >= 15 is 0 Å². The lowest BCUT2D eigenvalue weighted by Gasteiger charge is -2.34. The van der Waals surface area contributed by atoms with Gasteiger partial charge in [-0.15, -0.1) is 0 Å². The van der Waals surface area contributed by atoms with Crippen molar-refractivity contribution in [3.63, 3.8) is 0 Å². The molecule has 3 N–H and O–H groups in total. The normalized spacial score (nSPS) is 12.6. The standard InChI is InChI=1S/C28H37N3O7/c1-6-15-31(24(20-13-10-14-21(32)17-20)25(34)29-18-23(33)37-5)26(35)22(16-19-11-8-7-9-12-19)30-27(36)38-28(2,3)4/h7-14,17,22,24,32H,6,15-16,18H2,1-5H3,(H,29,34)(H,30,36). The largest absolute Gasteiger partial charge is 0.508 e. The van der Waals surface area contributed by atoms with Gasteiger partial charge in [-0.05, 0) is 50.5 Å². The van der Waals surface area contributed by atoms with Crippen molar-refractivity contribution in [2.45, 2.75) is 58.2 Å². The van der Waals surface area contributed by atoms with Gasteiger partial charge < -0.3 is 30.1 Å². The second-order valence-electron chi connectivity index (χ2n) is 9.71. The zero-order valence-corrected chi connectivity index (χ0v) is 22.5. The van der Waals surface area contributed by atoms with Crippen molar-refractivity contribution >= 4 is 23.9 Å². The average Bonchev–Trinajstić information content (AvgIpc) is 2.85. The Morgan fingerprint density at radius 1 is 1.03 bits per heavy atom. The van der Waals surface area contributed by atoms with E-state index in [9.17, 15) is 24.3 Å². The molecule has 2 unspecified atom stereocenters. The first kappa shape index (κ1) is 30.1. The number of nitrogens with one attached hydrogen (secondary N) is 2. The Kier molecular flexibility index (Phi) is 11.1. The number of alkyl carbamates (subject to hydrolysis) is 1. The number of esters is 1. The predicted octanol–water partition coefficient (Wildman–Crippen LogP) is 3.10. The molecule has 0 radical (unpaired) electrons. The predicted molar refractivity (Wildman–Crippen MR) is 141 cm³/mol. The van der Waals surface area contributed by atoms with E-state index in [1.807, 2.05) is 37.3 Å². The van der Waals surface area contributed by atoms with E-state index in [-0.39, 0.29) is 18.7 Å². The summed E-state index contributed by atoms with van der Waals surface area (Å²) in [6.07, 6.45) is -0.127. The van der Waals surface area contributed by atoms with E-state index in [0.717, 1.165) is 5.56 Å². The molecule has 0 fully saturated rings. The van der Waals surface area contributed by atoms with Crippen molar-refractivity contribution in [2.24, 2.45) is 0 Å². The summed E-state index contributed by atoms with van der Waals surface area (Å²) in [5, 5.41) is 15.3. The topological polar surface area (TPSA) is 134 Å². The lowest BCUT2D eigenvalue weighted by atomic mass is 10.00. The maximum Gasteiger partial charge on any atom is 0.408 e. The van der Waals surface area contributed by atoms with Crippen LogP contribution < -0.4 is 10.6 Å². The number of methoxy groups -OCH3 is 1. The highest BCUT2D eigenvalue weighted by Gasteiger charge is 2.36. The van der Waals surface area contributed by atoms with Gasteiger partial charge >= 0.3 is 12.1 Å². The lowest BCUT2D eigenvalue weighted by Crippen LogP contribution is -2.54. The quantitative estimate of drug-likeness (QED) is 0.382. The summed E-state index contributed by atoms with van der Waals surface area (Å²) < 4.78 is 10.0. The molecular weight excluding hydrogens is 490 g/mol. The monoisotopic (exact) mass is 527 g/mol. The summed E-state index contributed by atoms with van der Waals surface area (Å²) in [4.78, 5) is 53.2. The van der Waals surface area contributed by atoms with Gasteiger partial charge in [-0.2, -0.15) is 0 Å². The Bertz CT molecular complexity index is 1100. The van der Waals surface area contributed by atoms with Gasteiger partial charge in [0.2, 0.25) is 11.8 Å². The number of nitrogens with zero attached hydrogens (tertiary/aromatic N) is 1. The van der Waals surface area contributed by atoms with Crippen LogP contribution in [0.25, 0.3) is 0 Å². The minimum Gasteiger partial charge on any atom is -0.508 e.